The van der Waals surface area contributed by atoms with Crippen LogP contribution in [0.4, 0.5) is 0 Å². The predicted molar refractivity (Wildman–Crippen MR) is 131 cm³/mol. The highest BCUT2D eigenvalue weighted by atomic mass is 16.2. The summed E-state index contributed by atoms with van der Waals surface area (Å²) in [5.74, 6) is -0.205. The molecule has 0 radical (unpaired) electrons. The van der Waals surface area contributed by atoms with Crippen LogP contribution in [-0.2, 0) is 22.6 Å². The number of rotatable bonds is 12. The zero-order valence-electron chi connectivity index (χ0n) is 19.0. The fraction of sp³-hybridized carbons (Fsp3) is 0.357. The minimum Gasteiger partial charge on any atom is -0.350 e. The molecule has 0 bridgehead atoms. The van der Waals surface area contributed by atoms with Crippen molar-refractivity contribution in [2.45, 2.75) is 64.5 Å². The fourth-order valence-corrected chi connectivity index (χ4v) is 3.87. The van der Waals surface area contributed by atoms with Crippen LogP contribution in [-0.4, -0.2) is 17.9 Å². The molecule has 3 aromatic rings. The molecule has 0 saturated carbocycles. The van der Waals surface area contributed by atoms with Crippen molar-refractivity contribution in [2.75, 3.05) is 0 Å². The van der Waals surface area contributed by atoms with Gasteiger partial charge in [-0.25, -0.2) is 0 Å². The van der Waals surface area contributed by atoms with Gasteiger partial charge in [0.25, 0.3) is 0 Å². The molecule has 0 heterocycles. The molecule has 4 nitrogen and oxygen atoms in total. The van der Waals surface area contributed by atoms with Crippen LogP contribution in [0.25, 0.3) is 10.8 Å². The maximum Gasteiger partial charge on any atom is 0.243 e. The predicted octanol–water partition coefficient (Wildman–Crippen LogP) is 5.54. The van der Waals surface area contributed by atoms with E-state index in [9.17, 15) is 9.59 Å². The monoisotopic (exact) mass is 430 g/mol. The third kappa shape index (κ3) is 7.52. The Morgan fingerprint density at radius 1 is 0.781 bits per heavy atom. The molecular weight excluding hydrogens is 396 g/mol. The lowest BCUT2D eigenvalue weighted by atomic mass is 10.0. The minimum absolute atomic E-state index is 0.0536. The maximum absolute atomic E-state index is 13.0. The molecule has 2 N–H and O–H groups in total. The van der Waals surface area contributed by atoms with Crippen LogP contribution >= 0.6 is 0 Å². The van der Waals surface area contributed by atoms with Crippen LogP contribution < -0.4 is 10.6 Å². The molecule has 0 aliphatic carbocycles. The van der Waals surface area contributed by atoms with Gasteiger partial charge < -0.3 is 10.6 Å². The number of hydrogen-bond acceptors (Lipinski definition) is 2. The van der Waals surface area contributed by atoms with E-state index in [1.54, 1.807) is 0 Å². The van der Waals surface area contributed by atoms with Crippen molar-refractivity contribution < 1.29 is 9.59 Å². The van der Waals surface area contributed by atoms with E-state index in [1.807, 2.05) is 48.5 Å². The maximum atomic E-state index is 13.0. The Labute approximate surface area is 191 Å². The van der Waals surface area contributed by atoms with E-state index >= 15 is 0 Å². The molecule has 4 heteroatoms. The van der Waals surface area contributed by atoms with Gasteiger partial charge in [-0.2, -0.15) is 0 Å². The molecule has 0 spiro atoms. The Hall–Kier alpha value is -3.14. The first-order chi connectivity index (χ1) is 15.7. The van der Waals surface area contributed by atoms with Crippen LogP contribution in [0.1, 0.15) is 56.6 Å². The van der Waals surface area contributed by atoms with Crippen molar-refractivity contribution in [1.82, 2.24) is 10.6 Å². The molecule has 0 fully saturated rings. The van der Waals surface area contributed by atoms with E-state index in [2.05, 4.69) is 41.8 Å². The van der Waals surface area contributed by atoms with Gasteiger partial charge in [-0.3, -0.25) is 9.59 Å². The van der Waals surface area contributed by atoms with E-state index in [1.165, 1.54) is 12.8 Å². The van der Waals surface area contributed by atoms with Crippen LogP contribution in [0.2, 0.25) is 0 Å². The minimum atomic E-state index is -0.594. The lowest BCUT2D eigenvalue weighted by molar-refractivity contribution is -0.129. The van der Waals surface area contributed by atoms with Crippen LogP contribution in [0.15, 0.2) is 72.8 Å². The second-order valence-electron chi connectivity index (χ2n) is 8.37. The quantitative estimate of drug-likeness (QED) is 0.371. The van der Waals surface area contributed by atoms with Crippen molar-refractivity contribution in [3.05, 3.63) is 83.9 Å². The van der Waals surface area contributed by atoms with E-state index in [4.69, 9.17) is 0 Å². The summed E-state index contributed by atoms with van der Waals surface area (Å²) in [6.07, 6.45) is 6.38. The summed E-state index contributed by atoms with van der Waals surface area (Å²) in [6.45, 7) is 2.62. The summed E-state index contributed by atoms with van der Waals surface area (Å²) in [5.41, 5.74) is 2.07. The Morgan fingerprint density at radius 2 is 1.50 bits per heavy atom. The van der Waals surface area contributed by atoms with Crippen LogP contribution in [0.5, 0.6) is 0 Å². The van der Waals surface area contributed by atoms with Crippen LogP contribution in [0, 0.1) is 0 Å². The average molecular weight is 431 g/mol. The molecule has 1 atom stereocenters. The van der Waals surface area contributed by atoms with Gasteiger partial charge in [0.1, 0.15) is 6.04 Å². The number of nitrogens with one attached hydrogen (secondary N) is 2. The highest BCUT2D eigenvalue weighted by molar-refractivity contribution is 5.88. The SMILES string of the molecule is CCCCCCCC(=O)N[C@@H](Cc1ccc2ccccc2c1)C(=O)NCc1ccccc1. The zero-order chi connectivity index (χ0) is 22.6. The number of amides is 2. The molecule has 0 saturated heterocycles. The molecule has 0 unspecified atom stereocenters. The summed E-state index contributed by atoms with van der Waals surface area (Å²) in [5, 5.41) is 8.28. The number of carbonyl (C=O) groups is 2. The molecule has 3 aromatic carbocycles. The summed E-state index contributed by atoms with van der Waals surface area (Å²) >= 11 is 0. The molecule has 0 aromatic heterocycles. The van der Waals surface area contributed by atoms with Gasteiger partial charge in [-0.05, 0) is 28.3 Å². The third-order valence-electron chi connectivity index (χ3n) is 5.72. The van der Waals surface area contributed by atoms with Crippen molar-refractivity contribution in [3.8, 4) is 0 Å². The normalized spacial score (nSPS) is 11.8. The molecule has 0 aliphatic heterocycles. The van der Waals surface area contributed by atoms with Crippen molar-refractivity contribution in [3.63, 3.8) is 0 Å². The summed E-state index contributed by atoms with van der Waals surface area (Å²) in [7, 11) is 0. The fourth-order valence-electron chi connectivity index (χ4n) is 3.87. The van der Waals surface area contributed by atoms with E-state index < -0.39 is 6.04 Å². The van der Waals surface area contributed by atoms with Crippen molar-refractivity contribution in [1.29, 1.82) is 0 Å². The standard InChI is InChI=1S/C28H34N2O2/c1-2-3-4-5-9-16-27(31)30-26(28(32)29-21-22-12-7-6-8-13-22)20-23-17-18-24-14-10-11-15-25(24)19-23/h6-8,10-15,17-19,26H,2-5,9,16,20-21H2,1H3,(H,29,32)(H,30,31)/t26-/m0/s1. The average Bonchev–Trinajstić information content (AvgIpc) is 2.82. The highest BCUT2D eigenvalue weighted by Gasteiger charge is 2.21. The first-order valence-electron chi connectivity index (χ1n) is 11.7. The third-order valence-corrected chi connectivity index (χ3v) is 5.72. The van der Waals surface area contributed by atoms with Crippen molar-refractivity contribution in [2.24, 2.45) is 0 Å². The summed E-state index contributed by atoms with van der Waals surface area (Å²) in [6, 6.07) is 23.6. The summed E-state index contributed by atoms with van der Waals surface area (Å²) < 4.78 is 0. The van der Waals surface area contributed by atoms with Gasteiger partial charge >= 0.3 is 0 Å². The first-order valence-corrected chi connectivity index (χ1v) is 11.7. The smallest absolute Gasteiger partial charge is 0.243 e. The Bertz CT molecular complexity index is 1000. The Morgan fingerprint density at radius 3 is 2.28 bits per heavy atom. The molecule has 2 amide bonds. The molecule has 3 rings (SSSR count). The van der Waals surface area contributed by atoms with Gasteiger partial charge in [0, 0.05) is 19.4 Å². The van der Waals surface area contributed by atoms with Crippen molar-refractivity contribution >= 4 is 22.6 Å². The van der Waals surface area contributed by atoms with E-state index in [-0.39, 0.29) is 11.8 Å². The molecule has 0 aliphatic rings. The van der Waals surface area contributed by atoms with Gasteiger partial charge in [0.2, 0.25) is 11.8 Å². The van der Waals surface area contributed by atoms with Crippen LogP contribution in [0.3, 0.4) is 0 Å². The molecule has 32 heavy (non-hydrogen) atoms. The molecular formula is C28H34N2O2. The Kier molecular flexibility index (Phi) is 9.30. The molecule has 168 valence electrons. The Balaban J connectivity index is 1.64. The van der Waals surface area contributed by atoms with Gasteiger partial charge in [0.15, 0.2) is 0 Å². The number of fused-ring (bicyclic) bond motifs is 1. The first kappa shape index (κ1) is 23.5. The summed E-state index contributed by atoms with van der Waals surface area (Å²) in [4.78, 5) is 25.6. The number of hydrogen-bond donors (Lipinski definition) is 2. The number of benzene rings is 3. The highest BCUT2D eigenvalue weighted by Crippen LogP contribution is 2.17. The number of unbranched alkanes of at least 4 members (excludes halogenated alkanes) is 4. The van der Waals surface area contributed by atoms with E-state index in [0.717, 1.165) is 41.2 Å². The van der Waals surface area contributed by atoms with Gasteiger partial charge in [-0.15, -0.1) is 0 Å². The lowest BCUT2D eigenvalue weighted by Gasteiger charge is -2.19. The zero-order valence-corrected chi connectivity index (χ0v) is 19.0. The second kappa shape index (κ2) is 12.7. The largest absolute Gasteiger partial charge is 0.350 e. The van der Waals surface area contributed by atoms with E-state index in [0.29, 0.717) is 19.4 Å². The topological polar surface area (TPSA) is 58.2 Å². The second-order valence-corrected chi connectivity index (χ2v) is 8.37. The van der Waals surface area contributed by atoms with Gasteiger partial charge in [-0.1, -0.05) is 105 Å². The number of carbonyl (C=O) groups excluding carboxylic acids is 2. The van der Waals surface area contributed by atoms with Gasteiger partial charge in [0.05, 0.1) is 0 Å². The lowest BCUT2D eigenvalue weighted by Crippen LogP contribution is -2.47.